The van der Waals surface area contributed by atoms with Crippen LogP contribution in [0.3, 0.4) is 0 Å². The Kier molecular flexibility index (Phi) is 4.32. The Morgan fingerprint density at radius 2 is 2.07 bits per heavy atom. The van der Waals surface area contributed by atoms with Crippen molar-refractivity contribution in [3.8, 4) is 0 Å². The molecule has 0 bridgehead atoms. The molecule has 2 rings (SSSR count). The van der Waals surface area contributed by atoms with E-state index in [1.807, 2.05) is 11.8 Å². The Morgan fingerprint density at radius 3 is 2.73 bits per heavy atom. The summed E-state index contributed by atoms with van der Waals surface area (Å²) in [5.74, 6) is 1.40. The summed E-state index contributed by atoms with van der Waals surface area (Å²) in [5, 5.41) is 6.63. The molecule has 3 nitrogen and oxygen atoms in total. The van der Waals surface area contributed by atoms with Gasteiger partial charge in [0.05, 0.1) is 5.25 Å². The minimum Gasteiger partial charge on any atom is -0.354 e. The summed E-state index contributed by atoms with van der Waals surface area (Å²) in [4.78, 5) is 11.7. The number of amides is 1. The van der Waals surface area contributed by atoms with Crippen LogP contribution >= 0.6 is 11.8 Å². The lowest BCUT2D eigenvalue weighted by Gasteiger charge is -2.20. The third kappa shape index (κ3) is 4.03. The molecule has 1 amide bonds. The van der Waals surface area contributed by atoms with E-state index in [9.17, 15) is 4.79 Å². The van der Waals surface area contributed by atoms with Crippen LogP contribution in [0.4, 0.5) is 0 Å². The third-order valence-electron chi connectivity index (χ3n) is 2.91. The van der Waals surface area contributed by atoms with Gasteiger partial charge in [-0.25, -0.2) is 0 Å². The van der Waals surface area contributed by atoms with Crippen LogP contribution < -0.4 is 10.6 Å². The predicted molar refractivity (Wildman–Crippen MR) is 64.1 cm³/mol. The minimum absolute atomic E-state index is 0.222. The van der Waals surface area contributed by atoms with E-state index < -0.39 is 0 Å². The zero-order valence-electron chi connectivity index (χ0n) is 9.13. The highest BCUT2D eigenvalue weighted by molar-refractivity contribution is 8.00. The van der Waals surface area contributed by atoms with Gasteiger partial charge in [-0.05, 0) is 31.4 Å². The van der Waals surface area contributed by atoms with Gasteiger partial charge < -0.3 is 10.6 Å². The number of carbonyl (C=O) groups excluding carboxylic acids is 1. The maximum Gasteiger partial charge on any atom is 0.233 e. The van der Waals surface area contributed by atoms with Crippen LogP contribution in [0.1, 0.15) is 32.1 Å². The standard InChI is InChI=1S/C11H20N2OS/c14-11(10-3-1-2-8-15-10)13-7-6-12-9-4-5-9/h9-10,12H,1-8H2,(H,13,14). The molecule has 15 heavy (non-hydrogen) atoms. The van der Waals surface area contributed by atoms with Gasteiger partial charge in [-0.3, -0.25) is 4.79 Å². The molecular weight excluding hydrogens is 208 g/mol. The Morgan fingerprint density at radius 1 is 1.20 bits per heavy atom. The maximum absolute atomic E-state index is 11.7. The molecule has 2 N–H and O–H groups in total. The van der Waals surface area contributed by atoms with Crippen molar-refractivity contribution < 1.29 is 4.79 Å². The first-order valence-electron chi connectivity index (χ1n) is 5.99. The van der Waals surface area contributed by atoms with Crippen molar-refractivity contribution >= 4 is 17.7 Å². The second-order valence-corrected chi connectivity index (χ2v) is 5.69. The Hall–Kier alpha value is -0.220. The van der Waals surface area contributed by atoms with Crippen molar-refractivity contribution in [2.24, 2.45) is 0 Å². The molecule has 0 spiro atoms. The highest BCUT2D eigenvalue weighted by atomic mass is 32.2. The van der Waals surface area contributed by atoms with Gasteiger partial charge in [-0.1, -0.05) is 6.42 Å². The van der Waals surface area contributed by atoms with Gasteiger partial charge in [0.1, 0.15) is 0 Å². The number of nitrogens with one attached hydrogen (secondary N) is 2. The van der Waals surface area contributed by atoms with E-state index in [4.69, 9.17) is 0 Å². The van der Waals surface area contributed by atoms with Crippen molar-refractivity contribution in [1.29, 1.82) is 0 Å². The van der Waals surface area contributed by atoms with Crippen molar-refractivity contribution in [2.75, 3.05) is 18.8 Å². The van der Waals surface area contributed by atoms with Crippen LogP contribution in [-0.4, -0.2) is 36.0 Å². The van der Waals surface area contributed by atoms with Crippen LogP contribution in [0, 0.1) is 0 Å². The van der Waals surface area contributed by atoms with E-state index in [-0.39, 0.29) is 11.2 Å². The van der Waals surface area contributed by atoms with Crippen LogP contribution in [-0.2, 0) is 4.79 Å². The molecule has 1 heterocycles. The van der Waals surface area contributed by atoms with Crippen molar-refractivity contribution in [3.05, 3.63) is 0 Å². The molecule has 1 saturated heterocycles. The van der Waals surface area contributed by atoms with Gasteiger partial charge in [0, 0.05) is 19.1 Å². The summed E-state index contributed by atoms with van der Waals surface area (Å²) in [5.41, 5.74) is 0. The third-order valence-corrected chi connectivity index (χ3v) is 4.28. The zero-order valence-corrected chi connectivity index (χ0v) is 9.94. The molecule has 1 atom stereocenters. The lowest BCUT2D eigenvalue weighted by molar-refractivity contribution is -0.120. The van der Waals surface area contributed by atoms with Gasteiger partial charge in [0.25, 0.3) is 0 Å². The lowest BCUT2D eigenvalue weighted by atomic mass is 10.2. The second-order valence-electron chi connectivity index (χ2n) is 4.37. The monoisotopic (exact) mass is 228 g/mol. The minimum atomic E-state index is 0.222. The maximum atomic E-state index is 11.7. The van der Waals surface area contributed by atoms with E-state index in [2.05, 4.69) is 10.6 Å². The average Bonchev–Trinajstić information content (AvgIpc) is 3.09. The van der Waals surface area contributed by atoms with Crippen LogP contribution in [0.15, 0.2) is 0 Å². The Labute approximate surface area is 95.8 Å². The first-order valence-corrected chi connectivity index (χ1v) is 7.04. The second kappa shape index (κ2) is 5.75. The highest BCUT2D eigenvalue weighted by Gasteiger charge is 2.22. The molecule has 2 fully saturated rings. The SMILES string of the molecule is O=C(NCCNC1CC1)C1CCCCS1. The number of hydrogen-bond donors (Lipinski definition) is 2. The molecule has 1 aliphatic carbocycles. The first kappa shape index (κ1) is 11.3. The van der Waals surface area contributed by atoms with Crippen molar-refractivity contribution in [2.45, 2.75) is 43.4 Å². The average molecular weight is 228 g/mol. The van der Waals surface area contributed by atoms with E-state index in [0.717, 1.165) is 31.3 Å². The summed E-state index contributed by atoms with van der Waals surface area (Å²) >= 11 is 1.82. The summed E-state index contributed by atoms with van der Waals surface area (Å²) in [6.07, 6.45) is 6.18. The molecule has 1 aliphatic heterocycles. The molecule has 0 aromatic rings. The Balaban J connectivity index is 1.54. The smallest absolute Gasteiger partial charge is 0.233 e. The Bertz CT molecular complexity index is 213. The molecule has 1 unspecified atom stereocenters. The van der Waals surface area contributed by atoms with Gasteiger partial charge in [-0.2, -0.15) is 0 Å². The van der Waals surface area contributed by atoms with Crippen LogP contribution in [0.2, 0.25) is 0 Å². The van der Waals surface area contributed by atoms with E-state index in [1.54, 1.807) is 0 Å². The number of hydrogen-bond acceptors (Lipinski definition) is 3. The van der Waals surface area contributed by atoms with Gasteiger partial charge >= 0.3 is 0 Å². The zero-order chi connectivity index (χ0) is 10.5. The summed E-state index contributed by atoms with van der Waals surface area (Å²) < 4.78 is 0. The van der Waals surface area contributed by atoms with Gasteiger partial charge in [0.2, 0.25) is 5.91 Å². The molecule has 0 radical (unpaired) electrons. The summed E-state index contributed by atoms with van der Waals surface area (Å²) in [7, 11) is 0. The fraction of sp³-hybridized carbons (Fsp3) is 0.909. The molecule has 2 aliphatic rings. The number of thioether (sulfide) groups is 1. The molecule has 4 heteroatoms. The number of carbonyl (C=O) groups is 1. The molecule has 0 aromatic heterocycles. The van der Waals surface area contributed by atoms with Crippen molar-refractivity contribution in [1.82, 2.24) is 10.6 Å². The van der Waals surface area contributed by atoms with Gasteiger partial charge in [-0.15, -0.1) is 11.8 Å². The largest absolute Gasteiger partial charge is 0.354 e. The fourth-order valence-corrected chi connectivity index (χ4v) is 3.03. The van der Waals surface area contributed by atoms with E-state index in [0.29, 0.717) is 0 Å². The van der Waals surface area contributed by atoms with Crippen molar-refractivity contribution in [3.63, 3.8) is 0 Å². The van der Waals surface area contributed by atoms with Crippen LogP contribution in [0.5, 0.6) is 0 Å². The highest BCUT2D eigenvalue weighted by Crippen LogP contribution is 2.24. The summed E-state index contributed by atoms with van der Waals surface area (Å²) in [6, 6.07) is 0.742. The summed E-state index contributed by atoms with van der Waals surface area (Å²) in [6.45, 7) is 1.71. The normalized spacial score (nSPS) is 26.3. The van der Waals surface area contributed by atoms with E-state index in [1.165, 1.54) is 25.7 Å². The van der Waals surface area contributed by atoms with Crippen LogP contribution in [0.25, 0.3) is 0 Å². The lowest BCUT2D eigenvalue weighted by Crippen LogP contribution is -2.38. The molecule has 86 valence electrons. The molecule has 1 saturated carbocycles. The van der Waals surface area contributed by atoms with E-state index >= 15 is 0 Å². The van der Waals surface area contributed by atoms with Gasteiger partial charge in [0.15, 0.2) is 0 Å². The quantitative estimate of drug-likeness (QED) is 0.693. The molecule has 0 aromatic carbocycles. The number of rotatable bonds is 5. The topological polar surface area (TPSA) is 41.1 Å². The predicted octanol–water partition coefficient (Wildman–Crippen LogP) is 1.14. The molecular formula is C11H20N2OS. The first-order chi connectivity index (χ1) is 7.36. The fourth-order valence-electron chi connectivity index (χ4n) is 1.81.